The zero-order valence-electron chi connectivity index (χ0n) is 14.8. The van der Waals surface area contributed by atoms with Crippen molar-refractivity contribution in [1.29, 1.82) is 0 Å². The Morgan fingerprint density at radius 1 is 1.42 bits per heavy atom. The SMILES string of the molecule is CCOc1ccc2oc(C(=O)N3CCC(C)(COC)C3)c(C)c2c1. The third-order valence-electron chi connectivity index (χ3n) is 4.75. The van der Waals surface area contributed by atoms with E-state index >= 15 is 0 Å². The van der Waals surface area contributed by atoms with Crippen molar-refractivity contribution in [3.8, 4) is 5.75 Å². The van der Waals surface area contributed by atoms with E-state index in [1.807, 2.05) is 36.9 Å². The van der Waals surface area contributed by atoms with Gasteiger partial charge < -0.3 is 18.8 Å². The molecule has 0 radical (unpaired) electrons. The largest absolute Gasteiger partial charge is 0.494 e. The summed E-state index contributed by atoms with van der Waals surface area (Å²) >= 11 is 0. The number of ether oxygens (including phenoxy) is 2. The Balaban J connectivity index is 1.87. The van der Waals surface area contributed by atoms with Gasteiger partial charge in [0.25, 0.3) is 5.91 Å². The minimum Gasteiger partial charge on any atom is -0.494 e. The Morgan fingerprint density at radius 2 is 2.21 bits per heavy atom. The second-order valence-corrected chi connectivity index (χ2v) is 6.87. The standard InChI is InChI=1S/C19H25NO4/c1-5-23-14-6-7-16-15(10-14)13(2)17(24-16)18(21)20-9-8-19(3,11-20)12-22-4/h6-7,10H,5,8-9,11-12H2,1-4H3. The fourth-order valence-electron chi connectivity index (χ4n) is 3.47. The van der Waals surface area contributed by atoms with Crippen molar-refractivity contribution in [2.45, 2.75) is 27.2 Å². The van der Waals surface area contributed by atoms with Crippen LogP contribution in [0.4, 0.5) is 0 Å². The van der Waals surface area contributed by atoms with Crippen LogP contribution in [0.5, 0.6) is 5.75 Å². The molecule has 1 fully saturated rings. The number of furan rings is 1. The van der Waals surface area contributed by atoms with E-state index in [0.29, 0.717) is 25.5 Å². The van der Waals surface area contributed by atoms with Crippen molar-refractivity contribution >= 4 is 16.9 Å². The number of hydrogen-bond donors (Lipinski definition) is 0. The lowest BCUT2D eigenvalue weighted by molar-refractivity contribution is 0.0684. The van der Waals surface area contributed by atoms with Gasteiger partial charge in [-0.05, 0) is 38.5 Å². The maximum atomic E-state index is 12.9. The Hall–Kier alpha value is -2.01. The average molecular weight is 331 g/mol. The number of rotatable bonds is 5. The number of carbonyl (C=O) groups is 1. The number of amides is 1. The van der Waals surface area contributed by atoms with Crippen molar-refractivity contribution in [1.82, 2.24) is 4.90 Å². The highest BCUT2D eigenvalue weighted by Crippen LogP contribution is 2.34. The normalized spacial score (nSPS) is 20.8. The van der Waals surface area contributed by atoms with E-state index in [1.54, 1.807) is 7.11 Å². The molecule has 5 heteroatoms. The number of fused-ring (bicyclic) bond motifs is 1. The molecule has 130 valence electrons. The molecule has 0 aliphatic carbocycles. The summed E-state index contributed by atoms with van der Waals surface area (Å²) in [6, 6.07) is 5.67. The second kappa shape index (κ2) is 6.48. The van der Waals surface area contributed by atoms with Crippen molar-refractivity contribution in [3.63, 3.8) is 0 Å². The van der Waals surface area contributed by atoms with Gasteiger partial charge in [-0.1, -0.05) is 6.92 Å². The Labute approximate surface area is 142 Å². The first-order valence-corrected chi connectivity index (χ1v) is 8.41. The summed E-state index contributed by atoms with van der Waals surface area (Å²) in [4.78, 5) is 14.8. The van der Waals surface area contributed by atoms with E-state index in [0.717, 1.165) is 35.2 Å². The highest BCUT2D eigenvalue weighted by molar-refractivity contribution is 5.99. The molecule has 1 saturated heterocycles. The van der Waals surface area contributed by atoms with Gasteiger partial charge in [-0.25, -0.2) is 0 Å². The minimum absolute atomic E-state index is 0.0203. The predicted molar refractivity (Wildman–Crippen MR) is 92.6 cm³/mol. The summed E-state index contributed by atoms with van der Waals surface area (Å²) in [5.74, 6) is 1.18. The van der Waals surface area contributed by atoms with Crippen LogP contribution in [0.25, 0.3) is 11.0 Å². The molecule has 1 aliphatic rings. The zero-order chi connectivity index (χ0) is 17.3. The maximum absolute atomic E-state index is 12.9. The van der Waals surface area contributed by atoms with Gasteiger partial charge in [0.05, 0.1) is 13.2 Å². The summed E-state index contributed by atoms with van der Waals surface area (Å²) in [5, 5.41) is 0.933. The summed E-state index contributed by atoms with van der Waals surface area (Å²) < 4.78 is 16.7. The maximum Gasteiger partial charge on any atom is 0.289 e. The molecular formula is C19H25NO4. The molecule has 1 aromatic heterocycles. The van der Waals surface area contributed by atoms with Gasteiger partial charge >= 0.3 is 0 Å². The van der Waals surface area contributed by atoms with Crippen LogP contribution < -0.4 is 4.74 Å². The first kappa shape index (κ1) is 16.8. The molecule has 0 bridgehead atoms. The first-order valence-electron chi connectivity index (χ1n) is 8.41. The number of aryl methyl sites for hydroxylation is 1. The molecule has 1 amide bonds. The molecule has 5 nitrogen and oxygen atoms in total. The van der Waals surface area contributed by atoms with Gasteiger partial charge in [-0.2, -0.15) is 0 Å². The summed E-state index contributed by atoms with van der Waals surface area (Å²) in [5.41, 5.74) is 1.61. The first-order chi connectivity index (χ1) is 11.5. The molecule has 3 rings (SSSR count). The van der Waals surface area contributed by atoms with Crippen LogP contribution in [-0.4, -0.2) is 44.2 Å². The molecule has 0 N–H and O–H groups in total. The van der Waals surface area contributed by atoms with Crippen LogP contribution in [-0.2, 0) is 4.74 Å². The van der Waals surface area contributed by atoms with E-state index in [1.165, 1.54) is 0 Å². The predicted octanol–water partition coefficient (Wildman–Crippen LogP) is 3.64. The van der Waals surface area contributed by atoms with Crippen LogP contribution in [0.3, 0.4) is 0 Å². The number of hydrogen-bond acceptors (Lipinski definition) is 4. The number of benzene rings is 1. The van der Waals surface area contributed by atoms with Gasteiger partial charge in [-0.3, -0.25) is 4.79 Å². The number of likely N-dealkylation sites (tertiary alicyclic amines) is 1. The fraction of sp³-hybridized carbons (Fsp3) is 0.526. The second-order valence-electron chi connectivity index (χ2n) is 6.87. The molecule has 1 aliphatic heterocycles. The van der Waals surface area contributed by atoms with E-state index in [4.69, 9.17) is 13.9 Å². The Kier molecular flexibility index (Phi) is 4.54. The lowest BCUT2D eigenvalue weighted by atomic mass is 9.91. The Bertz CT molecular complexity index is 751. The van der Waals surface area contributed by atoms with E-state index in [2.05, 4.69) is 6.92 Å². The summed E-state index contributed by atoms with van der Waals surface area (Å²) in [6.07, 6.45) is 0.945. The highest BCUT2D eigenvalue weighted by Gasteiger charge is 2.37. The van der Waals surface area contributed by atoms with E-state index < -0.39 is 0 Å². The van der Waals surface area contributed by atoms with E-state index in [-0.39, 0.29) is 11.3 Å². The molecule has 2 heterocycles. The molecule has 24 heavy (non-hydrogen) atoms. The highest BCUT2D eigenvalue weighted by atomic mass is 16.5. The molecular weight excluding hydrogens is 306 g/mol. The van der Waals surface area contributed by atoms with Crippen molar-refractivity contribution < 1.29 is 18.7 Å². The average Bonchev–Trinajstić information content (AvgIpc) is 3.09. The lowest BCUT2D eigenvalue weighted by Gasteiger charge is -2.23. The topological polar surface area (TPSA) is 51.9 Å². The number of nitrogens with zero attached hydrogens (tertiary/aromatic N) is 1. The van der Waals surface area contributed by atoms with Crippen LogP contribution >= 0.6 is 0 Å². The van der Waals surface area contributed by atoms with Gasteiger partial charge in [0.15, 0.2) is 5.76 Å². The molecule has 1 unspecified atom stereocenters. The van der Waals surface area contributed by atoms with Crippen LogP contribution in [0.1, 0.15) is 36.4 Å². The van der Waals surface area contributed by atoms with Gasteiger partial charge in [-0.15, -0.1) is 0 Å². The van der Waals surface area contributed by atoms with E-state index in [9.17, 15) is 4.79 Å². The van der Waals surface area contributed by atoms with Crippen LogP contribution in [0.2, 0.25) is 0 Å². The quantitative estimate of drug-likeness (QED) is 0.839. The van der Waals surface area contributed by atoms with Crippen LogP contribution in [0, 0.1) is 12.3 Å². The molecule has 2 aromatic rings. The summed E-state index contributed by atoms with van der Waals surface area (Å²) in [7, 11) is 1.70. The Morgan fingerprint density at radius 3 is 2.92 bits per heavy atom. The molecule has 0 spiro atoms. The molecule has 1 aromatic carbocycles. The zero-order valence-corrected chi connectivity index (χ0v) is 14.8. The third kappa shape index (κ3) is 3.00. The van der Waals surface area contributed by atoms with Crippen LogP contribution in [0.15, 0.2) is 22.6 Å². The van der Waals surface area contributed by atoms with Crippen molar-refractivity contribution in [2.75, 3.05) is 33.4 Å². The summed E-state index contributed by atoms with van der Waals surface area (Å²) in [6.45, 7) is 8.74. The smallest absolute Gasteiger partial charge is 0.289 e. The van der Waals surface area contributed by atoms with Gasteiger partial charge in [0.2, 0.25) is 0 Å². The van der Waals surface area contributed by atoms with Gasteiger partial charge in [0, 0.05) is 36.6 Å². The molecule has 0 saturated carbocycles. The van der Waals surface area contributed by atoms with Gasteiger partial charge in [0.1, 0.15) is 11.3 Å². The number of carbonyl (C=O) groups excluding carboxylic acids is 1. The number of methoxy groups -OCH3 is 1. The fourth-order valence-corrected chi connectivity index (χ4v) is 3.47. The monoisotopic (exact) mass is 331 g/mol. The van der Waals surface area contributed by atoms with Crippen molar-refractivity contribution in [2.24, 2.45) is 5.41 Å². The molecule has 1 atom stereocenters. The lowest BCUT2D eigenvalue weighted by Crippen LogP contribution is -2.33. The third-order valence-corrected chi connectivity index (χ3v) is 4.75. The van der Waals surface area contributed by atoms with Crippen molar-refractivity contribution in [3.05, 3.63) is 29.5 Å². The minimum atomic E-state index is -0.0403.